The molecule has 0 radical (unpaired) electrons. The number of halogens is 1. The molecule has 0 saturated carbocycles. The highest BCUT2D eigenvalue weighted by molar-refractivity contribution is 9.10. The Kier molecular flexibility index (Phi) is 4.71. The quantitative estimate of drug-likeness (QED) is 0.915. The zero-order valence-corrected chi connectivity index (χ0v) is 12.1. The van der Waals surface area contributed by atoms with Crippen molar-refractivity contribution < 1.29 is 0 Å². The summed E-state index contributed by atoms with van der Waals surface area (Å²) >= 11 is 5.18. The molecule has 2 aromatic rings. The van der Waals surface area contributed by atoms with Crippen LogP contribution in [-0.2, 0) is 6.42 Å². The van der Waals surface area contributed by atoms with Crippen LogP contribution in [0, 0.1) is 0 Å². The minimum atomic E-state index is 0.472. The summed E-state index contributed by atoms with van der Waals surface area (Å²) in [5.41, 5.74) is 4.42. The van der Waals surface area contributed by atoms with Gasteiger partial charge in [0.15, 0.2) is 0 Å². The lowest BCUT2D eigenvalue weighted by Gasteiger charge is -2.16. The Labute approximate surface area is 114 Å². The predicted molar refractivity (Wildman–Crippen MR) is 76.6 cm³/mol. The van der Waals surface area contributed by atoms with Crippen molar-refractivity contribution in [1.82, 2.24) is 10.3 Å². The number of nitrogens with one attached hydrogen (secondary N) is 1. The molecule has 1 aromatic carbocycles. The van der Waals surface area contributed by atoms with E-state index in [1.807, 2.05) is 12.6 Å². The number of hydrogen-bond acceptors (Lipinski definition) is 3. The maximum absolute atomic E-state index is 4.37. The third-order valence-corrected chi connectivity index (χ3v) is 3.84. The SMILES string of the molecule is CNCC(Cc1cscn1)c1cccc(Br)c1. The first-order valence-corrected chi connectivity index (χ1v) is 7.30. The lowest BCUT2D eigenvalue weighted by Crippen LogP contribution is -2.19. The molecule has 1 atom stereocenters. The Balaban J connectivity index is 2.16. The van der Waals surface area contributed by atoms with Gasteiger partial charge in [0.05, 0.1) is 11.2 Å². The van der Waals surface area contributed by atoms with Gasteiger partial charge in [0.1, 0.15) is 0 Å². The topological polar surface area (TPSA) is 24.9 Å². The van der Waals surface area contributed by atoms with Crippen molar-refractivity contribution in [2.45, 2.75) is 12.3 Å². The second-order valence-corrected chi connectivity index (χ2v) is 5.63. The van der Waals surface area contributed by atoms with Gasteiger partial charge in [0, 0.05) is 22.3 Å². The summed E-state index contributed by atoms with van der Waals surface area (Å²) in [7, 11) is 1.99. The molecule has 90 valence electrons. The molecule has 2 rings (SSSR count). The van der Waals surface area contributed by atoms with Crippen LogP contribution in [0.3, 0.4) is 0 Å². The molecule has 1 aromatic heterocycles. The minimum absolute atomic E-state index is 0.472. The molecule has 0 bridgehead atoms. The zero-order valence-electron chi connectivity index (χ0n) is 9.69. The van der Waals surface area contributed by atoms with Gasteiger partial charge in [0.2, 0.25) is 0 Å². The first-order valence-electron chi connectivity index (χ1n) is 5.56. The number of thiazole rings is 1. The first kappa shape index (κ1) is 12.7. The van der Waals surface area contributed by atoms with Gasteiger partial charge in [-0.15, -0.1) is 11.3 Å². The maximum atomic E-state index is 4.37. The average Bonchev–Trinajstić information content (AvgIpc) is 2.81. The van der Waals surface area contributed by atoms with Crippen LogP contribution in [0.25, 0.3) is 0 Å². The molecule has 0 amide bonds. The van der Waals surface area contributed by atoms with E-state index in [1.54, 1.807) is 11.3 Å². The van der Waals surface area contributed by atoms with Gasteiger partial charge in [-0.2, -0.15) is 0 Å². The van der Waals surface area contributed by atoms with Crippen LogP contribution >= 0.6 is 27.3 Å². The zero-order chi connectivity index (χ0) is 12.1. The molecule has 1 heterocycles. The van der Waals surface area contributed by atoms with Crippen molar-refractivity contribution >= 4 is 27.3 Å². The van der Waals surface area contributed by atoms with E-state index in [9.17, 15) is 0 Å². The second-order valence-electron chi connectivity index (χ2n) is 3.99. The summed E-state index contributed by atoms with van der Waals surface area (Å²) in [6.07, 6.45) is 0.987. The van der Waals surface area contributed by atoms with E-state index in [4.69, 9.17) is 0 Å². The standard InChI is InChI=1S/C13H15BrN2S/c1-15-7-11(6-13-8-17-9-16-13)10-3-2-4-12(14)5-10/h2-5,8-9,11,15H,6-7H2,1H3. The van der Waals surface area contributed by atoms with E-state index < -0.39 is 0 Å². The molecule has 17 heavy (non-hydrogen) atoms. The van der Waals surface area contributed by atoms with Gasteiger partial charge >= 0.3 is 0 Å². The number of nitrogens with zero attached hydrogens (tertiary/aromatic N) is 1. The highest BCUT2D eigenvalue weighted by Gasteiger charge is 2.12. The Morgan fingerprint density at radius 1 is 1.47 bits per heavy atom. The highest BCUT2D eigenvalue weighted by atomic mass is 79.9. The van der Waals surface area contributed by atoms with Crippen molar-refractivity contribution in [3.05, 3.63) is 50.9 Å². The maximum Gasteiger partial charge on any atom is 0.0794 e. The van der Waals surface area contributed by atoms with Crippen LogP contribution in [0.15, 0.2) is 39.6 Å². The van der Waals surface area contributed by atoms with Gasteiger partial charge in [0.25, 0.3) is 0 Å². The summed E-state index contributed by atoms with van der Waals surface area (Å²) in [5.74, 6) is 0.472. The van der Waals surface area contributed by atoms with Crippen molar-refractivity contribution in [2.24, 2.45) is 0 Å². The van der Waals surface area contributed by atoms with Gasteiger partial charge in [-0.25, -0.2) is 4.98 Å². The lowest BCUT2D eigenvalue weighted by atomic mass is 9.94. The highest BCUT2D eigenvalue weighted by Crippen LogP contribution is 2.23. The van der Waals surface area contributed by atoms with Crippen molar-refractivity contribution in [1.29, 1.82) is 0 Å². The van der Waals surface area contributed by atoms with Crippen LogP contribution in [0.2, 0.25) is 0 Å². The van der Waals surface area contributed by atoms with Gasteiger partial charge < -0.3 is 5.32 Å². The molecule has 0 aliphatic rings. The van der Waals surface area contributed by atoms with E-state index in [0.717, 1.165) is 17.4 Å². The van der Waals surface area contributed by atoms with E-state index >= 15 is 0 Å². The Morgan fingerprint density at radius 3 is 3.00 bits per heavy atom. The monoisotopic (exact) mass is 310 g/mol. The fourth-order valence-corrected chi connectivity index (χ4v) is 2.89. The molecular formula is C13H15BrN2S. The van der Waals surface area contributed by atoms with Crippen molar-refractivity contribution in [3.63, 3.8) is 0 Å². The van der Waals surface area contributed by atoms with Crippen LogP contribution in [0.5, 0.6) is 0 Å². The largest absolute Gasteiger partial charge is 0.319 e. The third-order valence-electron chi connectivity index (χ3n) is 2.71. The lowest BCUT2D eigenvalue weighted by molar-refractivity contribution is 0.619. The average molecular weight is 311 g/mol. The minimum Gasteiger partial charge on any atom is -0.319 e. The fraction of sp³-hybridized carbons (Fsp3) is 0.308. The Morgan fingerprint density at radius 2 is 2.35 bits per heavy atom. The molecule has 2 nitrogen and oxygen atoms in total. The summed E-state index contributed by atoms with van der Waals surface area (Å²) in [6.45, 7) is 0.966. The number of likely N-dealkylation sites (N-methyl/N-ethyl adjacent to an activating group) is 1. The Hall–Kier alpha value is -0.710. The molecule has 1 unspecified atom stereocenters. The molecule has 0 spiro atoms. The van der Waals surface area contributed by atoms with Gasteiger partial charge in [-0.1, -0.05) is 28.1 Å². The normalized spacial score (nSPS) is 12.6. The molecule has 0 aliphatic heterocycles. The van der Waals surface area contributed by atoms with Crippen LogP contribution < -0.4 is 5.32 Å². The fourth-order valence-electron chi connectivity index (χ4n) is 1.91. The summed E-state index contributed by atoms with van der Waals surface area (Å²) in [6, 6.07) is 8.51. The van der Waals surface area contributed by atoms with E-state index in [0.29, 0.717) is 5.92 Å². The number of hydrogen-bond donors (Lipinski definition) is 1. The van der Waals surface area contributed by atoms with Crippen LogP contribution in [0.4, 0.5) is 0 Å². The molecular weight excluding hydrogens is 296 g/mol. The molecule has 0 fully saturated rings. The second kappa shape index (κ2) is 6.28. The molecule has 0 saturated heterocycles. The number of rotatable bonds is 5. The summed E-state index contributed by atoms with van der Waals surface area (Å²) in [4.78, 5) is 4.37. The van der Waals surface area contributed by atoms with E-state index in [-0.39, 0.29) is 0 Å². The third kappa shape index (κ3) is 3.63. The molecule has 4 heteroatoms. The van der Waals surface area contributed by atoms with E-state index in [1.165, 1.54) is 11.3 Å². The number of aromatic nitrogens is 1. The van der Waals surface area contributed by atoms with Crippen LogP contribution in [-0.4, -0.2) is 18.6 Å². The van der Waals surface area contributed by atoms with E-state index in [2.05, 4.69) is 55.9 Å². The van der Waals surface area contributed by atoms with Gasteiger partial charge in [-0.05, 0) is 31.2 Å². The summed E-state index contributed by atoms with van der Waals surface area (Å²) in [5, 5.41) is 5.38. The predicted octanol–water partition coefficient (Wildman–Crippen LogP) is 3.45. The first-order chi connectivity index (χ1) is 8.29. The molecule has 0 aliphatic carbocycles. The van der Waals surface area contributed by atoms with Crippen molar-refractivity contribution in [2.75, 3.05) is 13.6 Å². The smallest absolute Gasteiger partial charge is 0.0794 e. The van der Waals surface area contributed by atoms with Crippen LogP contribution in [0.1, 0.15) is 17.2 Å². The number of benzene rings is 1. The van der Waals surface area contributed by atoms with Gasteiger partial charge in [-0.3, -0.25) is 0 Å². The molecule has 1 N–H and O–H groups in total. The van der Waals surface area contributed by atoms with Crippen molar-refractivity contribution in [3.8, 4) is 0 Å². The summed E-state index contributed by atoms with van der Waals surface area (Å²) < 4.78 is 1.13. The Bertz CT molecular complexity index is 456.